The molecule has 0 radical (unpaired) electrons. The van der Waals surface area contributed by atoms with E-state index in [4.69, 9.17) is 13.6 Å². The van der Waals surface area contributed by atoms with Crippen LogP contribution in [0.5, 0.6) is 17.6 Å². The average Bonchev–Trinajstić information content (AvgIpc) is 2.46. The van der Waals surface area contributed by atoms with Gasteiger partial charge in [-0.1, -0.05) is 12.1 Å². The molecule has 2 rings (SSSR count). The molecule has 7 heteroatoms. The van der Waals surface area contributed by atoms with E-state index in [0.717, 1.165) is 16.9 Å². The highest BCUT2D eigenvalue weighted by atomic mass is 28.4. The zero-order chi connectivity index (χ0) is 20.2. The Morgan fingerprint density at radius 2 is 1.63 bits per heavy atom. The Kier molecular flexibility index (Phi) is 6.70. The van der Waals surface area contributed by atoms with Gasteiger partial charge in [-0.2, -0.15) is 4.98 Å². The fourth-order valence-electron chi connectivity index (χ4n) is 2.42. The first-order valence-corrected chi connectivity index (χ1v) is 16.2. The Bertz CT molecular complexity index is 769. The summed E-state index contributed by atoms with van der Waals surface area (Å²) in [6.07, 6.45) is 2.66. The molecule has 1 heterocycles. The van der Waals surface area contributed by atoms with Gasteiger partial charge in [-0.25, -0.2) is 4.98 Å². The summed E-state index contributed by atoms with van der Waals surface area (Å²) in [5.74, 6) is 1.50. The second-order valence-corrected chi connectivity index (χ2v) is 17.8. The molecule has 0 saturated heterocycles. The molecule has 0 spiro atoms. The lowest BCUT2D eigenvalue weighted by molar-refractivity contribution is 0.242. The van der Waals surface area contributed by atoms with Crippen LogP contribution in [0, 0.1) is 0 Å². The molecular weight excluding hydrogens is 372 g/mol. The van der Waals surface area contributed by atoms with Crippen molar-refractivity contribution < 1.29 is 13.6 Å². The predicted molar refractivity (Wildman–Crippen MR) is 115 cm³/mol. The van der Waals surface area contributed by atoms with Gasteiger partial charge in [-0.05, 0) is 70.8 Å². The lowest BCUT2D eigenvalue weighted by Gasteiger charge is -2.22. The summed E-state index contributed by atoms with van der Waals surface area (Å²) >= 11 is 0. The average molecular weight is 405 g/mol. The summed E-state index contributed by atoms with van der Waals surface area (Å²) in [5, 5.41) is 0. The molecule has 27 heavy (non-hydrogen) atoms. The molecule has 0 atom stereocenters. The Morgan fingerprint density at radius 3 is 2.22 bits per heavy atom. The van der Waals surface area contributed by atoms with Crippen LogP contribution in [0.25, 0.3) is 0 Å². The zero-order valence-corrected chi connectivity index (χ0v) is 19.8. The largest absolute Gasteiger partial charge is 0.531 e. The summed E-state index contributed by atoms with van der Waals surface area (Å²) in [5.41, 5.74) is 2.10. The maximum absolute atomic E-state index is 6.25. The molecule has 0 unspecified atom stereocenters. The molecule has 1 aromatic heterocycles. The highest BCUT2D eigenvalue weighted by Crippen LogP contribution is 2.26. The summed E-state index contributed by atoms with van der Waals surface area (Å²) in [7, 11) is -3.60. The van der Waals surface area contributed by atoms with Crippen LogP contribution in [0.4, 0.5) is 0 Å². The molecule has 0 aliphatic carbocycles. The fourth-order valence-corrected chi connectivity index (χ4v) is 3.82. The Balaban J connectivity index is 2.31. The lowest BCUT2D eigenvalue weighted by atomic mass is 10.1. The first kappa shape index (κ1) is 21.4. The normalized spacial score (nSPS) is 12.2. The minimum absolute atomic E-state index is 0.146. The van der Waals surface area contributed by atoms with Crippen molar-refractivity contribution in [2.45, 2.75) is 65.7 Å². The maximum atomic E-state index is 6.25. The van der Waals surface area contributed by atoms with Gasteiger partial charge in [-0.15, -0.1) is 0 Å². The number of nitrogens with zero attached hydrogens (tertiary/aromatic N) is 2. The predicted octanol–water partition coefficient (Wildman–Crippen LogP) is 5.28. The third kappa shape index (κ3) is 7.72. The molecule has 0 amide bonds. The van der Waals surface area contributed by atoms with Gasteiger partial charge < -0.3 is 13.6 Å². The Morgan fingerprint density at radius 1 is 0.963 bits per heavy atom. The van der Waals surface area contributed by atoms with Crippen LogP contribution in [0.3, 0.4) is 0 Å². The molecule has 148 valence electrons. The first-order chi connectivity index (χ1) is 12.4. The van der Waals surface area contributed by atoms with Crippen molar-refractivity contribution in [3.8, 4) is 17.6 Å². The van der Waals surface area contributed by atoms with Crippen molar-refractivity contribution in [1.29, 1.82) is 0 Å². The van der Waals surface area contributed by atoms with E-state index in [-0.39, 0.29) is 6.10 Å². The van der Waals surface area contributed by atoms with Crippen molar-refractivity contribution in [3.05, 3.63) is 41.6 Å². The minimum atomic E-state index is -1.82. The highest BCUT2D eigenvalue weighted by molar-refractivity contribution is 6.70. The molecular formula is C20H32N2O3Si2. The zero-order valence-electron chi connectivity index (χ0n) is 17.8. The number of benzene rings is 1. The van der Waals surface area contributed by atoms with Crippen molar-refractivity contribution in [3.63, 3.8) is 0 Å². The van der Waals surface area contributed by atoms with Gasteiger partial charge in [0.25, 0.3) is 0 Å². The standard InChI is InChI=1S/C20H32N2O3Si2/c1-15(2)23-18-11-9-10-16(13-18)12-17-14-21-20(25-27(6,7)8)22-19(17)24-26(3,4)5/h9-11,13-15H,12H2,1-8H3. The fraction of sp³-hybridized carbons (Fsp3) is 0.500. The quantitative estimate of drug-likeness (QED) is 0.560. The second-order valence-electron chi connectivity index (χ2n) is 8.90. The van der Waals surface area contributed by atoms with Crippen molar-refractivity contribution in [1.82, 2.24) is 9.97 Å². The van der Waals surface area contributed by atoms with Gasteiger partial charge in [0.05, 0.1) is 6.10 Å². The topological polar surface area (TPSA) is 53.5 Å². The maximum Gasteiger partial charge on any atom is 0.305 e. The summed E-state index contributed by atoms with van der Waals surface area (Å²) < 4.78 is 18.0. The number of aromatic nitrogens is 2. The molecule has 0 fully saturated rings. The molecule has 0 N–H and O–H groups in total. The van der Waals surface area contributed by atoms with E-state index < -0.39 is 16.6 Å². The van der Waals surface area contributed by atoms with Crippen molar-refractivity contribution in [2.24, 2.45) is 0 Å². The van der Waals surface area contributed by atoms with Crippen LogP contribution >= 0.6 is 0 Å². The summed E-state index contributed by atoms with van der Waals surface area (Å²) in [4.78, 5) is 9.02. The van der Waals surface area contributed by atoms with Crippen LogP contribution in [0.1, 0.15) is 25.0 Å². The van der Waals surface area contributed by atoms with Crippen molar-refractivity contribution >= 4 is 16.6 Å². The van der Waals surface area contributed by atoms with E-state index in [0.29, 0.717) is 18.3 Å². The molecule has 0 aliphatic heterocycles. The third-order valence-corrected chi connectivity index (χ3v) is 4.87. The van der Waals surface area contributed by atoms with Gasteiger partial charge >= 0.3 is 6.01 Å². The molecule has 0 saturated carbocycles. The number of hydrogen-bond acceptors (Lipinski definition) is 5. The molecule has 0 aliphatic rings. The van der Waals surface area contributed by atoms with Gasteiger partial charge in [0.1, 0.15) is 5.75 Å². The Labute approximate surface area is 165 Å². The molecule has 5 nitrogen and oxygen atoms in total. The van der Waals surface area contributed by atoms with Crippen LogP contribution in [0.15, 0.2) is 30.5 Å². The van der Waals surface area contributed by atoms with E-state index in [1.54, 1.807) is 0 Å². The smallest absolute Gasteiger partial charge is 0.305 e. The Hall–Kier alpha value is -1.87. The molecule has 1 aromatic carbocycles. The van der Waals surface area contributed by atoms with Gasteiger partial charge in [-0.3, -0.25) is 0 Å². The summed E-state index contributed by atoms with van der Waals surface area (Å²) in [6, 6.07) is 8.53. The number of ether oxygens (including phenoxy) is 1. The SMILES string of the molecule is CC(C)Oc1cccc(Cc2cnc(O[Si](C)(C)C)nc2O[Si](C)(C)C)c1. The van der Waals surface area contributed by atoms with E-state index >= 15 is 0 Å². The van der Waals surface area contributed by atoms with Crippen molar-refractivity contribution in [2.75, 3.05) is 0 Å². The van der Waals surface area contributed by atoms with Crippen LogP contribution in [-0.4, -0.2) is 32.7 Å². The van der Waals surface area contributed by atoms with Gasteiger partial charge in [0.2, 0.25) is 22.5 Å². The molecule has 2 aromatic rings. The van der Waals surface area contributed by atoms with Crippen LogP contribution in [-0.2, 0) is 6.42 Å². The van der Waals surface area contributed by atoms with E-state index in [9.17, 15) is 0 Å². The van der Waals surface area contributed by atoms with E-state index in [1.165, 1.54) is 0 Å². The monoisotopic (exact) mass is 404 g/mol. The van der Waals surface area contributed by atoms with Gasteiger partial charge in [0.15, 0.2) is 0 Å². The van der Waals surface area contributed by atoms with Gasteiger partial charge in [0, 0.05) is 18.2 Å². The summed E-state index contributed by atoms with van der Waals surface area (Å²) in [6.45, 7) is 16.8. The minimum Gasteiger partial charge on any atom is -0.531 e. The van der Waals surface area contributed by atoms with E-state index in [1.807, 2.05) is 32.2 Å². The van der Waals surface area contributed by atoms with Crippen LogP contribution in [0.2, 0.25) is 39.3 Å². The highest BCUT2D eigenvalue weighted by Gasteiger charge is 2.23. The third-order valence-electron chi connectivity index (χ3n) is 3.27. The van der Waals surface area contributed by atoms with E-state index in [2.05, 4.69) is 61.4 Å². The lowest BCUT2D eigenvalue weighted by Crippen LogP contribution is -2.32. The second kappa shape index (κ2) is 8.43. The molecule has 0 bridgehead atoms. The first-order valence-electron chi connectivity index (χ1n) is 9.41. The van der Waals surface area contributed by atoms with Crippen LogP contribution < -0.4 is 13.6 Å². The number of hydrogen-bond donors (Lipinski definition) is 0. The number of rotatable bonds is 8.